The third kappa shape index (κ3) is 4.02. The standard InChI is InChI=1S/C8H16BrN5O2S/c1-3-10-5-4-6-11-17(15,16)8-7(9)12-13-14(8)2/h10-11H,3-6H2,1-2H3. The maximum absolute atomic E-state index is 11.9. The Kier molecular flexibility index (Phi) is 5.50. The molecule has 0 aromatic carbocycles. The average molecular weight is 326 g/mol. The Balaban J connectivity index is 2.58. The van der Waals surface area contributed by atoms with E-state index in [1.807, 2.05) is 6.92 Å². The summed E-state index contributed by atoms with van der Waals surface area (Å²) in [6.07, 6.45) is 0.732. The van der Waals surface area contributed by atoms with Crippen LogP contribution in [0.5, 0.6) is 0 Å². The summed E-state index contributed by atoms with van der Waals surface area (Å²) in [7, 11) is -2.02. The smallest absolute Gasteiger partial charge is 0.260 e. The molecule has 1 aromatic heterocycles. The summed E-state index contributed by atoms with van der Waals surface area (Å²) in [5.41, 5.74) is 0. The highest BCUT2D eigenvalue weighted by Gasteiger charge is 2.22. The van der Waals surface area contributed by atoms with E-state index < -0.39 is 10.0 Å². The summed E-state index contributed by atoms with van der Waals surface area (Å²) < 4.78 is 27.8. The van der Waals surface area contributed by atoms with Crippen molar-refractivity contribution in [2.45, 2.75) is 18.4 Å². The van der Waals surface area contributed by atoms with Gasteiger partial charge < -0.3 is 5.32 Å². The Bertz CT molecular complexity index is 439. The van der Waals surface area contributed by atoms with Crippen LogP contribution < -0.4 is 10.0 Å². The number of nitrogens with one attached hydrogen (secondary N) is 2. The molecular formula is C8H16BrN5O2S. The predicted molar refractivity (Wildman–Crippen MR) is 67.1 cm³/mol. The van der Waals surface area contributed by atoms with Crippen LogP contribution in [0, 0.1) is 0 Å². The minimum atomic E-state index is -3.55. The van der Waals surface area contributed by atoms with E-state index in [1.54, 1.807) is 0 Å². The van der Waals surface area contributed by atoms with Gasteiger partial charge >= 0.3 is 0 Å². The van der Waals surface area contributed by atoms with Gasteiger partial charge in [0.15, 0.2) is 4.60 Å². The molecule has 0 amide bonds. The molecular weight excluding hydrogens is 310 g/mol. The Morgan fingerprint density at radius 1 is 1.41 bits per heavy atom. The largest absolute Gasteiger partial charge is 0.317 e. The van der Waals surface area contributed by atoms with E-state index in [-0.39, 0.29) is 9.63 Å². The van der Waals surface area contributed by atoms with E-state index in [4.69, 9.17) is 0 Å². The first kappa shape index (κ1) is 14.6. The second-order valence-corrected chi connectivity index (χ2v) is 5.85. The maximum atomic E-state index is 11.9. The zero-order chi connectivity index (χ0) is 12.9. The monoisotopic (exact) mass is 325 g/mol. The van der Waals surface area contributed by atoms with Crippen molar-refractivity contribution in [1.82, 2.24) is 25.0 Å². The van der Waals surface area contributed by atoms with Gasteiger partial charge in [0.25, 0.3) is 10.0 Å². The van der Waals surface area contributed by atoms with Crippen molar-refractivity contribution in [1.29, 1.82) is 0 Å². The quantitative estimate of drug-likeness (QED) is 0.681. The van der Waals surface area contributed by atoms with Crippen LogP contribution in [-0.4, -0.2) is 43.0 Å². The predicted octanol–water partition coefficient (Wildman–Crippen LogP) is -0.144. The average Bonchev–Trinajstić information content (AvgIpc) is 2.58. The van der Waals surface area contributed by atoms with E-state index in [1.165, 1.54) is 11.7 Å². The third-order valence-electron chi connectivity index (χ3n) is 2.06. The molecule has 0 bridgehead atoms. The minimum Gasteiger partial charge on any atom is -0.317 e. The number of halogens is 1. The molecule has 1 rings (SSSR count). The second-order valence-electron chi connectivity index (χ2n) is 3.41. The van der Waals surface area contributed by atoms with Gasteiger partial charge in [0, 0.05) is 13.6 Å². The number of aromatic nitrogens is 3. The van der Waals surface area contributed by atoms with Crippen LogP contribution in [-0.2, 0) is 17.1 Å². The molecule has 0 atom stereocenters. The number of nitrogens with zero attached hydrogens (tertiary/aromatic N) is 3. The highest BCUT2D eigenvalue weighted by atomic mass is 79.9. The Morgan fingerprint density at radius 3 is 2.65 bits per heavy atom. The number of aryl methyl sites for hydroxylation is 1. The van der Waals surface area contributed by atoms with E-state index in [0.29, 0.717) is 6.54 Å². The molecule has 0 saturated heterocycles. The molecule has 1 aromatic rings. The molecule has 2 N–H and O–H groups in total. The van der Waals surface area contributed by atoms with E-state index in [9.17, 15) is 8.42 Å². The zero-order valence-electron chi connectivity index (χ0n) is 9.77. The van der Waals surface area contributed by atoms with Gasteiger partial charge in [-0.1, -0.05) is 12.1 Å². The summed E-state index contributed by atoms with van der Waals surface area (Å²) in [6, 6.07) is 0. The minimum absolute atomic E-state index is 0.0425. The van der Waals surface area contributed by atoms with Crippen molar-refractivity contribution in [2.75, 3.05) is 19.6 Å². The van der Waals surface area contributed by atoms with Crippen LogP contribution in [0.3, 0.4) is 0 Å². The van der Waals surface area contributed by atoms with Crippen LogP contribution >= 0.6 is 15.9 Å². The molecule has 0 radical (unpaired) electrons. The summed E-state index contributed by atoms with van der Waals surface area (Å²) in [5, 5.41) is 10.4. The summed E-state index contributed by atoms with van der Waals surface area (Å²) >= 11 is 3.06. The molecule has 9 heteroatoms. The van der Waals surface area contributed by atoms with E-state index in [2.05, 4.69) is 36.3 Å². The number of hydrogen-bond acceptors (Lipinski definition) is 5. The van der Waals surface area contributed by atoms with Crippen LogP contribution in [0.15, 0.2) is 9.63 Å². The lowest BCUT2D eigenvalue weighted by Gasteiger charge is -2.06. The second kappa shape index (κ2) is 6.43. The first-order valence-corrected chi connectivity index (χ1v) is 7.52. The Morgan fingerprint density at radius 2 is 2.12 bits per heavy atom. The van der Waals surface area contributed by atoms with Crippen LogP contribution in [0.2, 0.25) is 0 Å². The van der Waals surface area contributed by atoms with Crippen LogP contribution in [0.4, 0.5) is 0 Å². The summed E-state index contributed by atoms with van der Waals surface area (Å²) in [5.74, 6) is 0. The summed E-state index contributed by atoms with van der Waals surface area (Å²) in [4.78, 5) is 0. The molecule has 0 aliphatic heterocycles. The van der Waals surface area contributed by atoms with Gasteiger partial charge in [-0.05, 0) is 35.4 Å². The van der Waals surface area contributed by atoms with E-state index in [0.717, 1.165) is 19.5 Å². The molecule has 0 aliphatic rings. The van der Waals surface area contributed by atoms with Crippen molar-refractivity contribution in [3.63, 3.8) is 0 Å². The first-order chi connectivity index (χ1) is 7.99. The normalized spacial score (nSPS) is 11.9. The number of rotatable bonds is 7. The highest BCUT2D eigenvalue weighted by molar-refractivity contribution is 9.10. The number of hydrogen-bond donors (Lipinski definition) is 2. The van der Waals surface area contributed by atoms with Gasteiger partial charge in [0.05, 0.1) is 0 Å². The van der Waals surface area contributed by atoms with Gasteiger partial charge in [0.1, 0.15) is 0 Å². The number of sulfonamides is 1. The SMILES string of the molecule is CCNCCCNS(=O)(=O)c1c(Br)nnn1C. The lowest BCUT2D eigenvalue weighted by Crippen LogP contribution is -2.29. The molecule has 0 unspecified atom stereocenters. The molecule has 7 nitrogen and oxygen atoms in total. The van der Waals surface area contributed by atoms with Crippen molar-refractivity contribution in [3.05, 3.63) is 4.60 Å². The zero-order valence-corrected chi connectivity index (χ0v) is 12.2. The van der Waals surface area contributed by atoms with Gasteiger partial charge in [-0.3, -0.25) is 0 Å². The maximum Gasteiger partial charge on any atom is 0.260 e. The highest BCUT2D eigenvalue weighted by Crippen LogP contribution is 2.17. The third-order valence-corrected chi connectivity index (χ3v) is 4.41. The molecule has 0 fully saturated rings. The molecule has 0 aliphatic carbocycles. The Hall–Kier alpha value is -0.510. The van der Waals surface area contributed by atoms with Crippen molar-refractivity contribution in [3.8, 4) is 0 Å². The first-order valence-electron chi connectivity index (χ1n) is 5.24. The van der Waals surface area contributed by atoms with Crippen LogP contribution in [0.1, 0.15) is 13.3 Å². The topological polar surface area (TPSA) is 88.9 Å². The molecule has 17 heavy (non-hydrogen) atoms. The molecule has 98 valence electrons. The molecule has 1 heterocycles. The van der Waals surface area contributed by atoms with Gasteiger partial charge in [0.2, 0.25) is 5.03 Å². The lowest BCUT2D eigenvalue weighted by atomic mass is 10.4. The fourth-order valence-corrected chi connectivity index (χ4v) is 3.44. The van der Waals surface area contributed by atoms with Gasteiger partial charge in [-0.25, -0.2) is 17.8 Å². The Labute approximate surface area is 109 Å². The van der Waals surface area contributed by atoms with Gasteiger partial charge in [-0.15, -0.1) is 5.10 Å². The fraction of sp³-hybridized carbons (Fsp3) is 0.750. The fourth-order valence-electron chi connectivity index (χ4n) is 1.27. The molecule has 0 saturated carbocycles. The van der Waals surface area contributed by atoms with Crippen molar-refractivity contribution in [2.24, 2.45) is 7.05 Å². The molecule has 0 spiro atoms. The van der Waals surface area contributed by atoms with Crippen LogP contribution in [0.25, 0.3) is 0 Å². The van der Waals surface area contributed by atoms with Crippen molar-refractivity contribution >= 4 is 26.0 Å². The van der Waals surface area contributed by atoms with Crippen molar-refractivity contribution < 1.29 is 8.42 Å². The summed E-state index contributed by atoms with van der Waals surface area (Å²) in [6.45, 7) is 4.04. The van der Waals surface area contributed by atoms with Gasteiger partial charge in [-0.2, -0.15) is 0 Å². The lowest BCUT2D eigenvalue weighted by molar-refractivity contribution is 0.556. The van der Waals surface area contributed by atoms with E-state index >= 15 is 0 Å².